The van der Waals surface area contributed by atoms with Gasteiger partial charge >= 0.3 is 18.1 Å². The van der Waals surface area contributed by atoms with Crippen molar-refractivity contribution in [1.82, 2.24) is 14.9 Å². The summed E-state index contributed by atoms with van der Waals surface area (Å²) in [5, 5.41) is 22.8. The number of hydrogen-bond acceptors (Lipinski definition) is 7. The molecule has 0 aliphatic carbocycles. The molecule has 0 fully saturated rings. The Morgan fingerprint density at radius 1 is 1.59 bits per heavy atom. The Morgan fingerprint density at radius 2 is 2.27 bits per heavy atom. The molecule has 0 aliphatic rings. The molecule has 12 heteroatoms. The van der Waals surface area contributed by atoms with Crippen LogP contribution in [0.5, 0.6) is 0 Å². The summed E-state index contributed by atoms with van der Waals surface area (Å²) in [6.45, 7) is -0.800. The van der Waals surface area contributed by atoms with Crippen molar-refractivity contribution in [2.75, 3.05) is 19.7 Å². The number of aromatic nitrogens is 2. The molecule has 124 valence electrons. The first-order valence-corrected chi connectivity index (χ1v) is 6.00. The van der Waals surface area contributed by atoms with E-state index in [-0.39, 0.29) is 19.6 Å². The van der Waals surface area contributed by atoms with E-state index in [1.54, 1.807) is 0 Å². The Kier molecular flexibility index (Phi) is 6.24. The van der Waals surface area contributed by atoms with Gasteiger partial charge in [0.05, 0.1) is 12.6 Å². The summed E-state index contributed by atoms with van der Waals surface area (Å²) >= 11 is 0. The highest BCUT2D eigenvalue weighted by atomic mass is 19.4. The van der Waals surface area contributed by atoms with Crippen molar-refractivity contribution in [2.45, 2.75) is 18.8 Å². The molecule has 1 aromatic heterocycles. The number of halogens is 3. The molecule has 2 N–H and O–H groups in total. The number of alkyl halides is 3. The van der Waals surface area contributed by atoms with E-state index in [1.807, 2.05) is 0 Å². The van der Waals surface area contributed by atoms with Gasteiger partial charge in [0.1, 0.15) is 19.0 Å². The van der Waals surface area contributed by atoms with Crippen molar-refractivity contribution in [3.05, 3.63) is 22.5 Å². The maximum atomic E-state index is 11.8. The number of ether oxygens (including phenoxy) is 1. The van der Waals surface area contributed by atoms with Gasteiger partial charge in [-0.05, 0) is 4.92 Å². The van der Waals surface area contributed by atoms with Gasteiger partial charge in [-0.15, -0.1) is 0 Å². The maximum Gasteiger partial charge on any atom is 0.490 e. The average Bonchev–Trinajstić information content (AvgIpc) is 2.85. The summed E-state index contributed by atoms with van der Waals surface area (Å²) in [7, 11) is 0. The molecule has 1 rings (SSSR count). The predicted molar refractivity (Wildman–Crippen MR) is 64.8 cm³/mol. The van der Waals surface area contributed by atoms with Gasteiger partial charge < -0.3 is 25.3 Å². The second-order valence-corrected chi connectivity index (χ2v) is 4.13. The van der Waals surface area contributed by atoms with Crippen molar-refractivity contribution < 1.29 is 32.7 Å². The van der Waals surface area contributed by atoms with Gasteiger partial charge in [-0.1, -0.05) is 4.98 Å². The van der Waals surface area contributed by atoms with Gasteiger partial charge in [-0.25, -0.2) is 9.36 Å². The molecule has 9 nitrogen and oxygen atoms in total. The van der Waals surface area contributed by atoms with Crippen LogP contribution in [0.4, 0.5) is 19.1 Å². The number of nitrogens with zero attached hydrogens (tertiary/aromatic N) is 3. The first-order valence-electron chi connectivity index (χ1n) is 6.00. The molecule has 0 radical (unpaired) electrons. The van der Waals surface area contributed by atoms with E-state index in [1.165, 1.54) is 12.4 Å². The highest BCUT2D eigenvalue weighted by Crippen LogP contribution is 2.16. The van der Waals surface area contributed by atoms with Gasteiger partial charge in [0.15, 0.2) is 0 Å². The minimum Gasteiger partial charge on any atom is -0.458 e. The van der Waals surface area contributed by atoms with Gasteiger partial charge in [0.2, 0.25) is 0 Å². The van der Waals surface area contributed by atoms with E-state index in [9.17, 15) is 33.2 Å². The van der Waals surface area contributed by atoms with E-state index in [0.29, 0.717) is 0 Å². The lowest BCUT2D eigenvalue weighted by Crippen LogP contribution is -2.34. The fraction of sp³-hybridized carbons (Fsp3) is 0.600. The largest absolute Gasteiger partial charge is 0.490 e. The molecule has 0 saturated carbocycles. The Labute approximate surface area is 121 Å². The highest BCUT2D eigenvalue weighted by Gasteiger charge is 2.40. The number of imidazole rings is 1. The first kappa shape index (κ1) is 17.8. The molecule has 1 atom stereocenters. The van der Waals surface area contributed by atoms with Crippen molar-refractivity contribution in [2.24, 2.45) is 0 Å². The number of aliphatic hydroxyl groups excluding tert-OH is 1. The molecule has 0 aromatic carbocycles. The fourth-order valence-electron chi connectivity index (χ4n) is 1.47. The third kappa shape index (κ3) is 5.65. The Balaban J connectivity index is 2.24. The number of carbonyl (C=O) groups excluding carboxylic acids is 1. The van der Waals surface area contributed by atoms with E-state index in [0.717, 1.165) is 4.57 Å². The third-order valence-corrected chi connectivity index (χ3v) is 2.39. The zero-order chi connectivity index (χ0) is 16.8. The summed E-state index contributed by atoms with van der Waals surface area (Å²) in [6, 6.07) is 0. The van der Waals surface area contributed by atoms with Crippen LogP contribution in [0, 0.1) is 10.1 Å². The number of nitrogens with one attached hydrogen (secondary N) is 1. The quantitative estimate of drug-likeness (QED) is 0.295. The molecule has 1 unspecified atom stereocenters. The third-order valence-electron chi connectivity index (χ3n) is 2.39. The number of aliphatic hydroxyl groups is 1. The Bertz CT molecular complexity index is 519. The van der Waals surface area contributed by atoms with Crippen molar-refractivity contribution in [3.63, 3.8) is 0 Å². The van der Waals surface area contributed by atoms with Crippen LogP contribution in [0.25, 0.3) is 0 Å². The summed E-state index contributed by atoms with van der Waals surface area (Å²) in [4.78, 5) is 23.7. The summed E-state index contributed by atoms with van der Waals surface area (Å²) in [6.07, 6.45) is -3.56. The molecule has 0 aliphatic heterocycles. The van der Waals surface area contributed by atoms with Crippen LogP contribution in [-0.2, 0) is 16.1 Å². The number of hydrogen-bond donors (Lipinski definition) is 2. The minimum atomic E-state index is -5.04. The number of nitro groups is 1. The van der Waals surface area contributed by atoms with E-state index >= 15 is 0 Å². The van der Waals surface area contributed by atoms with Crippen LogP contribution in [0.2, 0.25) is 0 Å². The smallest absolute Gasteiger partial charge is 0.458 e. The molecule has 1 aromatic rings. The molecule has 1 heterocycles. The van der Waals surface area contributed by atoms with E-state index in [2.05, 4.69) is 15.0 Å². The second kappa shape index (κ2) is 7.70. The second-order valence-electron chi connectivity index (χ2n) is 4.13. The molecular weight excluding hydrogens is 313 g/mol. The molecule has 0 amide bonds. The lowest BCUT2D eigenvalue weighted by Gasteiger charge is -2.12. The maximum absolute atomic E-state index is 11.8. The van der Waals surface area contributed by atoms with Crippen molar-refractivity contribution >= 4 is 11.9 Å². The topological polar surface area (TPSA) is 120 Å². The van der Waals surface area contributed by atoms with Crippen LogP contribution >= 0.6 is 0 Å². The first-order chi connectivity index (χ1) is 10.2. The predicted octanol–water partition coefficient (Wildman–Crippen LogP) is -0.153. The zero-order valence-corrected chi connectivity index (χ0v) is 11.1. The van der Waals surface area contributed by atoms with Crippen LogP contribution in [0.1, 0.15) is 0 Å². The number of carbonyl (C=O) groups is 1. The normalized spacial score (nSPS) is 12.9. The fourth-order valence-corrected chi connectivity index (χ4v) is 1.47. The van der Waals surface area contributed by atoms with Gasteiger partial charge in [-0.3, -0.25) is 0 Å². The average molecular weight is 326 g/mol. The standard InChI is InChI=1S/C10H13F3N4O5/c11-10(12,13)8(19)22-4-2-14-5-7(18)6-16-3-1-15-9(16)17(20)21/h1,3,7,14,18H,2,4-6H2. The molecule has 0 saturated heterocycles. The molecule has 0 spiro atoms. The lowest BCUT2D eigenvalue weighted by molar-refractivity contribution is -0.397. The van der Waals surface area contributed by atoms with Crippen LogP contribution in [0.15, 0.2) is 12.4 Å². The molecule has 0 bridgehead atoms. The van der Waals surface area contributed by atoms with Crippen LogP contribution < -0.4 is 5.32 Å². The zero-order valence-electron chi connectivity index (χ0n) is 11.1. The van der Waals surface area contributed by atoms with Crippen molar-refractivity contribution in [3.8, 4) is 0 Å². The lowest BCUT2D eigenvalue weighted by atomic mass is 10.3. The summed E-state index contributed by atoms with van der Waals surface area (Å²) in [5.74, 6) is -2.72. The van der Waals surface area contributed by atoms with Gasteiger partial charge in [0, 0.05) is 13.1 Å². The van der Waals surface area contributed by atoms with Crippen molar-refractivity contribution in [1.29, 1.82) is 0 Å². The Morgan fingerprint density at radius 3 is 2.86 bits per heavy atom. The monoisotopic (exact) mass is 326 g/mol. The molecular formula is C10H13F3N4O5. The molecule has 22 heavy (non-hydrogen) atoms. The highest BCUT2D eigenvalue weighted by molar-refractivity contribution is 5.75. The van der Waals surface area contributed by atoms with Gasteiger partial charge in [-0.2, -0.15) is 13.2 Å². The Hall–Kier alpha value is -2.21. The number of rotatable bonds is 8. The summed E-state index contributed by atoms with van der Waals surface area (Å²) in [5.41, 5.74) is 0. The van der Waals surface area contributed by atoms with Crippen LogP contribution in [0.3, 0.4) is 0 Å². The van der Waals surface area contributed by atoms with E-state index in [4.69, 9.17) is 0 Å². The van der Waals surface area contributed by atoms with Gasteiger partial charge in [0.25, 0.3) is 0 Å². The number of esters is 1. The summed E-state index contributed by atoms with van der Waals surface area (Å²) < 4.78 is 40.5. The minimum absolute atomic E-state index is 0.0566. The van der Waals surface area contributed by atoms with E-state index < -0.39 is 35.7 Å². The SMILES string of the molecule is O=C(OCCNCC(O)Cn1ccnc1[N+](=O)[O-])C(F)(F)F. The van der Waals surface area contributed by atoms with Crippen LogP contribution in [-0.4, -0.2) is 57.5 Å².